The first-order valence-electron chi connectivity index (χ1n) is 7.90. The summed E-state index contributed by atoms with van der Waals surface area (Å²) in [5.74, 6) is 0.750. The summed E-state index contributed by atoms with van der Waals surface area (Å²) in [5, 5.41) is 11.8. The number of terminal acetylenes is 1. The van der Waals surface area contributed by atoms with Crippen molar-refractivity contribution in [2.45, 2.75) is 36.6 Å². The standard InChI is InChI=1S/C17H20N2O5S/c1-2-11-18-25(23,24)15-9-5-12(6-10-15)16(20)19-14-7-3-13(4-8-14)17(21)22/h1,5-6,9-10,13-14,18H,3-4,7-8,11H2,(H,19,20)(H,21,22). The van der Waals surface area contributed by atoms with Gasteiger partial charge in [-0.15, -0.1) is 6.42 Å². The third kappa shape index (κ3) is 5.05. The molecule has 0 saturated heterocycles. The lowest BCUT2D eigenvalue weighted by Crippen LogP contribution is -2.38. The largest absolute Gasteiger partial charge is 0.481 e. The van der Waals surface area contributed by atoms with Crippen molar-refractivity contribution in [2.75, 3.05) is 6.54 Å². The van der Waals surface area contributed by atoms with Crippen LogP contribution in [0.3, 0.4) is 0 Å². The van der Waals surface area contributed by atoms with Crippen LogP contribution in [0.1, 0.15) is 36.0 Å². The molecule has 1 aliphatic rings. The lowest BCUT2D eigenvalue weighted by atomic mass is 9.86. The topological polar surface area (TPSA) is 113 Å². The number of carboxylic acids is 1. The fourth-order valence-corrected chi connectivity index (χ4v) is 3.69. The van der Waals surface area contributed by atoms with Crippen molar-refractivity contribution in [2.24, 2.45) is 5.92 Å². The number of carboxylic acid groups (broad SMARTS) is 1. The Morgan fingerprint density at radius 2 is 1.76 bits per heavy atom. The van der Waals surface area contributed by atoms with Crippen LogP contribution in [0.5, 0.6) is 0 Å². The number of hydrogen-bond donors (Lipinski definition) is 3. The fourth-order valence-electron chi connectivity index (χ4n) is 2.76. The average molecular weight is 364 g/mol. The van der Waals surface area contributed by atoms with Crippen LogP contribution >= 0.6 is 0 Å². The van der Waals surface area contributed by atoms with Crippen molar-refractivity contribution in [3.05, 3.63) is 29.8 Å². The summed E-state index contributed by atoms with van der Waals surface area (Å²) in [5.41, 5.74) is 0.344. The van der Waals surface area contributed by atoms with Crippen molar-refractivity contribution in [1.82, 2.24) is 10.0 Å². The highest BCUT2D eigenvalue weighted by atomic mass is 32.2. The lowest BCUT2D eigenvalue weighted by molar-refractivity contribution is -0.142. The molecule has 0 bridgehead atoms. The molecule has 1 fully saturated rings. The van der Waals surface area contributed by atoms with E-state index in [9.17, 15) is 18.0 Å². The van der Waals surface area contributed by atoms with Crippen molar-refractivity contribution < 1.29 is 23.1 Å². The van der Waals surface area contributed by atoms with Crippen molar-refractivity contribution in [3.63, 3.8) is 0 Å². The van der Waals surface area contributed by atoms with Gasteiger partial charge in [0.1, 0.15) is 0 Å². The number of nitrogens with one attached hydrogen (secondary N) is 2. The van der Waals surface area contributed by atoms with Gasteiger partial charge in [-0.1, -0.05) is 5.92 Å². The fraction of sp³-hybridized carbons (Fsp3) is 0.412. The molecule has 0 unspecified atom stereocenters. The van der Waals surface area contributed by atoms with Crippen LogP contribution in [0.15, 0.2) is 29.2 Å². The number of carbonyl (C=O) groups is 2. The Hall–Kier alpha value is -2.37. The molecule has 1 aromatic rings. The maximum atomic E-state index is 12.2. The summed E-state index contributed by atoms with van der Waals surface area (Å²) < 4.78 is 26.1. The van der Waals surface area contributed by atoms with Gasteiger partial charge in [0.15, 0.2) is 0 Å². The third-order valence-electron chi connectivity index (χ3n) is 4.20. The van der Waals surface area contributed by atoms with E-state index in [-0.39, 0.29) is 29.3 Å². The summed E-state index contributed by atoms with van der Waals surface area (Å²) in [6.07, 6.45) is 7.34. The highest BCUT2D eigenvalue weighted by Gasteiger charge is 2.27. The van der Waals surface area contributed by atoms with Gasteiger partial charge in [-0.2, -0.15) is 4.72 Å². The summed E-state index contributed by atoms with van der Waals surface area (Å²) in [6.45, 7) is -0.108. The van der Waals surface area contributed by atoms with E-state index >= 15 is 0 Å². The SMILES string of the molecule is C#CCNS(=O)(=O)c1ccc(C(=O)NC2CCC(C(=O)O)CC2)cc1. The van der Waals surface area contributed by atoms with E-state index in [1.54, 1.807) is 0 Å². The van der Waals surface area contributed by atoms with E-state index in [0.29, 0.717) is 31.2 Å². The summed E-state index contributed by atoms with van der Waals surface area (Å²) in [4.78, 5) is 23.2. The molecule has 1 aromatic carbocycles. The summed E-state index contributed by atoms with van der Waals surface area (Å²) in [6, 6.07) is 5.49. The minimum atomic E-state index is -3.69. The monoisotopic (exact) mass is 364 g/mol. The zero-order chi connectivity index (χ0) is 18.4. The molecule has 0 heterocycles. The predicted molar refractivity (Wildman–Crippen MR) is 91.3 cm³/mol. The highest BCUT2D eigenvalue weighted by molar-refractivity contribution is 7.89. The normalized spacial score (nSPS) is 20.4. The molecular formula is C17H20N2O5S. The number of rotatable bonds is 6. The first kappa shape index (κ1) is 19.0. The number of sulfonamides is 1. The van der Waals surface area contributed by atoms with Gasteiger partial charge in [-0.05, 0) is 49.9 Å². The van der Waals surface area contributed by atoms with Crippen LogP contribution in [0.25, 0.3) is 0 Å². The van der Waals surface area contributed by atoms with Gasteiger partial charge in [0.25, 0.3) is 5.91 Å². The molecule has 1 amide bonds. The van der Waals surface area contributed by atoms with Gasteiger partial charge in [-0.25, -0.2) is 8.42 Å². The van der Waals surface area contributed by atoms with E-state index in [1.807, 2.05) is 0 Å². The zero-order valence-corrected chi connectivity index (χ0v) is 14.4. The number of hydrogen-bond acceptors (Lipinski definition) is 4. The maximum Gasteiger partial charge on any atom is 0.306 e. The highest BCUT2D eigenvalue weighted by Crippen LogP contribution is 2.24. The van der Waals surface area contributed by atoms with Crippen LogP contribution in [0.4, 0.5) is 0 Å². The number of aliphatic carboxylic acids is 1. The first-order valence-corrected chi connectivity index (χ1v) is 9.38. The molecule has 3 N–H and O–H groups in total. The second-order valence-corrected chi connectivity index (χ2v) is 7.68. The van der Waals surface area contributed by atoms with Gasteiger partial charge in [0.05, 0.1) is 17.4 Å². The van der Waals surface area contributed by atoms with E-state index in [2.05, 4.69) is 16.0 Å². The second-order valence-electron chi connectivity index (χ2n) is 5.91. The van der Waals surface area contributed by atoms with Gasteiger partial charge < -0.3 is 10.4 Å². The van der Waals surface area contributed by atoms with Crippen LogP contribution in [0, 0.1) is 18.3 Å². The predicted octanol–water partition coefficient (Wildman–Crippen LogP) is 0.971. The smallest absolute Gasteiger partial charge is 0.306 e. The molecule has 8 heteroatoms. The molecule has 134 valence electrons. The van der Waals surface area contributed by atoms with Crippen LogP contribution < -0.4 is 10.0 Å². The Morgan fingerprint density at radius 1 is 1.16 bits per heavy atom. The minimum Gasteiger partial charge on any atom is -0.481 e. The molecule has 0 spiro atoms. The maximum absolute atomic E-state index is 12.2. The average Bonchev–Trinajstić information content (AvgIpc) is 2.60. The number of amides is 1. The molecule has 0 radical (unpaired) electrons. The Kier molecular flexibility index (Phi) is 6.17. The number of carbonyl (C=O) groups excluding carboxylic acids is 1. The molecule has 1 aliphatic carbocycles. The summed E-state index contributed by atoms with van der Waals surface area (Å²) in [7, 11) is -3.69. The molecule has 0 atom stereocenters. The van der Waals surface area contributed by atoms with Crippen molar-refractivity contribution in [1.29, 1.82) is 0 Å². The van der Waals surface area contributed by atoms with Crippen LogP contribution in [0.2, 0.25) is 0 Å². The molecule has 0 aromatic heterocycles. The van der Waals surface area contributed by atoms with Crippen molar-refractivity contribution in [3.8, 4) is 12.3 Å². The van der Waals surface area contributed by atoms with Crippen LogP contribution in [-0.4, -0.2) is 38.0 Å². The first-order chi connectivity index (χ1) is 11.8. The lowest BCUT2D eigenvalue weighted by Gasteiger charge is -2.26. The minimum absolute atomic E-state index is 0.0290. The quantitative estimate of drug-likeness (QED) is 0.651. The van der Waals surface area contributed by atoms with Gasteiger partial charge in [-0.3, -0.25) is 9.59 Å². The Labute approximate surface area is 146 Å². The Bertz CT molecular complexity index is 772. The summed E-state index contributed by atoms with van der Waals surface area (Å²) >= 11 is 0. The van der Waals surface area contributed by atoms with E-state index in [0.717, 1.165) is 0 Å². The second kappa shape index (κ2) is 8.14. The van der Waals surface area contributed by atoms with Gasteiger partial charge in [0, 0.05) is 11.6 Å². The molecular weight excluding hydrogens is 344 g/mol. The third-order valence-corrected chi connectivity index (χ3v) is 5.62. The van der Waals surface area contributed by atoms with Crippen molar-refractivity contribution >= 4 is 21.9 Å². The number of benzene rings is 1. The Balaban J connectivity index is 1.95. The Morgan fingerprint density at radius 3 is 2.28 bits per heavy atom. The molecule has 25 heavy (non-hydrogen) atoms. The van der Waals surface area contributed by atoms with Gasteiger partial charge in [0.2, 0.25) is 10.0 Å². The molecule has 0 aliphatic heterocycles. The molecule has 7 nitrogen and oxygen atoms in total. The van der Waals surface area contributed by atoms with Gasteiger partial charge >= 0.3 is 5.97 Å². The molecule has 2 rings (SSSR count). The van der Waals surface area contributed by atoms with E-state index in [1.165, 1.54) is 24.3 Å². The van der Waals surface area contributed by atoms with Crippen LogP contribution in [-0.2, 0) is 14.8 Å². The zero-order valence-electron chi connectivity index (χ0n) is 13.6. The van der Waals surface area contributed by atoms with E-state index in [4.69, 9.17) is 11.5 Å². The van der Waals surface area contributed by atoms with E-state index < -0.39 is 16.0 Å². The molecule has 1 saturated carbocycles.